The molecule has 1 aliphatic rings. The lowest BCUT2D eigenvalue weighted by Gasteiger charge is -2.06. The van der Waals surface area contributed by atoms with Crippen LogP contribution in [-0.4, -0.2) is 26.9 Å². The SMILES string of the molecule is O=C(CCCCC1CCSS1)Nc1nc(-c2ccccn2)cs1. The van der Waals surface area contributed by atoms with Gasteiger partial charge in [0.2, 0.25) is 5.91 Å². The van der Waals surface area contributed by atoms with Crippen molar-refractivity contribution in [3.8, 4) is 11.4 Å². The molecule has 23 heavy (non-hydrogen) atoms. The maximum Gasteiger partial charge on any atom is 0.226 e. The van der Waals surface area contributed by atoms with Crippen molar-refractivity contribution < 1.29 is 4.79 Å². The van der Waals surface area contributed by atoms with Crippen molar-refractivity contribution in [1.29, 1.82) is 0 Å². The molecule has 1 saturated heterocycles. The number of thiazole rings is 1. The van der Waals surface area contributed by atoms with E-state index in [1.54, 1.807) is 6.20 Å². The summed E-state index contributed by atoms with van der Waals surface area (Å²) < 4.78 is 0. The highest BCUT2D eigenvalue weighted by molar-refractivity contribution is 8.77. The van der Waals surface area contributed by atoms with Crippen LogP contribution in [0.15, 0.2) is 29.8 Å². The van der Waals surface area contributed by atoms with Gasteiger partial charge < -0.3 is 5.32 Å². The maximum atomic E-state index is 12.0. The molecule has 122 valence electrons. The minimum atomic E-state index is 0.0559. The predicted molar refractivity (Wildman–Crippen MR) is 101 cm³/mol. The molecule has 0 bridgehead atoms. The number of carbonyl (C=O) groups excluding carboxylic acids is 1. The zero-order valence-electron chi connectivity index (χ0n) is 12.7. The number of amides is 1. The Hall–Kier alpha value is -1.05. The Labute approximate surface area is 148 Å². The molecule has 0 saturated carbocycles. The first-order valence-electron chi connectivity index (χ1n) is 7.76. The molecule has 1 fully saturated rings. The lowest BCUT2D eigenvalue weighted by Crippen LogP contribution is -2.11. The van der Waals surface area contributed by atoms with Crippen molar-refractivity contribution in [3.63, 3.8) is 0 Å². The summed E-state index contributed by atoms with van der Waals surface area (Å²) in [7, 11) is 3.98. The summed E-state index contributed by atoms with van der Waals surface area (Å²) in [5.41, 5.74) is 1.64. The molecule has 0 spiro atoms. The molecular formula is C16H19N3OS3. The van der Waals surface area contributed by atoms with Gasteiger partial charge in [0.15, 0.2) is 5.13 Å². The van der Waals surface area contributed by atoms with Gasteiger partial charge >= 0.3 is 0 Å². The van der Waals surface area contributed by atoms with Crippen LogP contribution in [0.4, 0.5) is 5.13 Å². The van der Waals surface area contributed by atoms with Crippen LogP contribution in [0, 0.1) is 0 Å². The minimum Gasteiger partial charge on any atom is -0.302 e. The van der Waals surface area contributed by atoms with E-state index >= 15 is 0 Å². The van der Waals surface area contributed by atoms with Gasteiger partial charge in [-0.05, 0) is 31.4 Å². The maximum absolute atomic E-state index is 12.0. The quantitative estimate of drug-likeness (QED) is 0.561. The number of rotatable bonds is 7. The molecule has 3 rings (SSSR count). The first-order valence-corrected chi connectivity index (χ1v) is 11.0. The topological polar surface area (TPSA) is 54.9 Å². The van der Waals surface area contributed by atoms with Crippen molar-refractivity contribution in [2.75, 3.05) is 11.1 Å². The standard InChI is InChI=1S/C16H19N3OS3/c20-15(7-2-1-5-12-8-10-22-23-12)19-16-18-14(11-21-16)13-6-3-4-9-17-13/h3-4,6,9,11-12H,1-2,5,7-8,10H2,(H,18,19,20). The highest BCUT2D eigenvalue weighted by atomic mass is 33.1. The molecule has 1 unspecified atom stereocenters. The molecule has 0 aliphatic carbocycles. The van der Waals surface area contributed by atoms with E-state index in [0.717, 1.165) is 29.5 Å². The number of nitrogens with zero attached hydrogens (tertiary/aromatic N) is 2. The molecule has 2 aromatic rings. The van der Waals surface area contributed by atoms with Crippen LogP contribution in [0.3, 0.4) is 0 Å². The third-order valence-corrected chi connectivity index (χ3v) is 7.35. The smallest absolute Gasteiger partial charge is 0.226 e. The number of unbranched alkanes of at least 4 members (excludes halogenated alkanes) is 1. The van der Waals surface area contributed by atoms with Crippen LogP contribution < -0.4 is 5.32 Å². The monoisotopic (exact) mass is 365 g/mol. The summed E-state index contributed by atoms with van der Waals surface area (Å²) in [6, 6.07) is 5.72. The molecule has 1 aliphatic heterocycles. The Kier molecular flexibility index (Phi) is 6.36. The number of hydrogen-bond donors (Lipinski definition) is 1. The third-order valence-electron chi connectivity index (χ3n) is 3.59. The number of aromatic nitrogens is 2. The first-order chi connectivity index (χ1) is 11.3. The second-order valence-corrected chi connectivity index (χ2v) is 9.02. The molecule has 1 N–H and O–H groups in total. The zero-order chi connectivity index (χ0) is 15.9. The van der Waals surface area contributed by atoms with Crippen molar-refractivity contribution in [2.45, 2.75) is 37.4 Å². The van der Waals surface area contributed by atoms with Gasteiger partial charge in [0.1, 0.15) is 5.69 Å². The Morgan fingerprint density at radius 1 is 1.30 bits per heavy atom. The second-order valence-electron chi connectivity index (χ2n) is 5.38. The van der Waals surface area contributed by atoms with Crippen molar-refractivity contribution in [1.82, 2.24) is 9.97 Å². The van der Waals surface area contributed by atoms with E-state index in [9.17, 15) is 4.79 Å². The fraction of sp³-hybridized carbons (Fsp3) is 0.438. The van der Waals surface area contributed by atoms with Crippen LogP contribution in [0.1, 0.15) is 32.1 Å². The highest BCUT2D eigenvalue weighted by Gasteiger charge is 2.16. The number of pyridine rings is 1. The number of carbonyl (C=O) groups is 1. The first kappa shape index (κ1) is 16.8. The van der Waals surface area contributed by atoms with E-state index < -0.39 is 0 Å². The molecule has 2 aromatic heterocycles. The molecule has 0 radical (unpaired) electrons. The molecule has 4 nitrogen and oxygen atoms in total. The van der Waals surface area contributed by atoms with Gasteiger partial charge in [0.25, 0.3) is 0 Å². The van der Waals surface area contributed by atoms with Gasteiger partial charge in [-0.2, -0.15) is 0 Å². The van der Waals surface area contributed by atoms with Gasteiger partial charge in [-0.3, -0.25) is 9.78 Å². The summed E-state index contributed by atoms with van der Waals surface area (Å²) in [6.45, 7) is 0. The Morgan fingerprint density at radius 2 is 2.26 bits per heavy atom. The van der Waals surface area contributed by atoms with E-state index in [4.69, 9.17) is 0 Å². The van der Waals surface area contributed by atoms with Crippen molar-refractivity contribution in [3.05, 3.63) is 29.8 Å². The molecule has 1 atom stereocenters. The van der Waals surface area contributed by atoms with Crippen LogP contribution >= 0.6 is 32.9 Å². The largest absolute Gasteiger partial charge is 0.302 e. The van der Waals surface area contributed by atoms with Gasteiger partial charge in [0.05, 0.1) is 5.69 Å². The summed E-state index contributed by atoms with van der Waals surface area (Å²) in [5, 5.41) is 6.26. The lowest BCUT2D eigenvalue weighted by atomic mass is 10.1. The van der Waals surface area contributed by atoms with E-state index in [1.165, 1.54) is 29.9 Å². The number of anilines is 1. The van der Waals surface area contributed by atoms with Gasteiger partial charge in [-0.1, -0.05) is 34.1 Å². The van der Waals surface area contributed by atoms with Crippen LogP contribution in [0.2, 0.25) is 0 Å². The highest BCUT2D eigenvalue weighted by Crippen LogP contribution is 2.39. The molecule has 1 amide bonds. The molecular weight excluding hydrogens is 346 g/mol. The number of nitrogens with one attached hydrogen (secondary N) is 1. The Morgan fingerprint density at radius 3 is 3.04 bits per heavy atom. The van der Waals surface area contributed by atoms with Gasteiger partial charge in [-0.15, -0.1) is 11.3 Å². The second kappa shape index (κ2) is 8.70. The Bertz CT molecular complexity index is 627. The predicted octanol–water partition coefficient (Wildman–Crippen LogP) is 4.86. The summed E-state index contributed by atoms with van der Waals surface area (Å²) >= 11 is 1.44. The molecule has 3 heterocycles. The minimum absolute atomic E-state index is 0.0559. The third kappa shape index (κ3) is 5.22. The summed E-state index contributed by atoms with van der Waals surface area (Å²) in [5.74, 6) is 1.33. The molecule has 0 aromatic carbocycles. The molecule has 7 heteroatoms. The van der Waals surface area contributed by atoms with E-state index in [2.05, 4.69) is 15.3 Å². The van der Waals surface area contributed by atoms with Gasteiger partial charge in [-0.25, -0.2) is 4.98 Å². The van der Waals surface area contributed by atoms with Crippen molar-refractivity contribution in [2.24, 2.45) is 0 Å². The average Bonchev–Trinajstić information content (AvgIpc) is 3.24. The fourth-order valence-electron chi connectivity index (χ4n) is 2.37. The zero-order valence-corrected chi connectivity index (χ0v) is 15.2. The average molecular weight is 366 g/mol. The lowest BCUT2D eigenvalue weighted by molar-refractivity contribution is -0.116. The Balaban J connectivity index is 1.40. The van der Waals surface area contributed by atoms with Crippen LogP contribution in [0.5, 0.6) is 0 Å². The van der Waals surface area contributed by atoms with Crippen LogP contribution in [-0.2, 0) is 4.79 Å². The summed E-state index contributed by atoms with van der Waals surface area (Å²) in [4.78, 5) is 20.7. The summed E-state index contributed by atoms with van der Waals surface area (Å²) in [6.07, 6.45) is 6.94. The van der Waals surface area contributed by atoms with Crippen LogP contribution in [0.25, 0.3) is 11.4 Å². The fourth-order valence-corrected chi connectivity index (χ4v) is 6.12. The number of hydrogen-bond acceptors (Lipinski definition) is 6. The van der Waals surface area contributed by atoms with E-state index in [1.807, 2.05) is 45.2 Å². The van der Waals surface area contributed by atoms with E-state index in [0.29, 0.717) is 11.6 Å². The van der Waals surface area contributed by atoms with Crippen molar-refractivity contribution >= 4 is 44.0 Å². The normalized spacial score (nSPS) is 17.3. The van der Waals surface area contributed by atoms with Gasteiger partial charge in [0, 0.05) is 29.0 Å². The van der Waals surface area contributed by atoms with E-state index in [-0.39, 0.29) is 5.91 Å².